The standard InChI is InChI=1S/C13H20N2/c1-13(2,3)10-4-5-12-11(6-10)9(7-14)8-15-12/h4-6,9,15H,7-8,14H2,1-3H3. The average Bonchev–Trinajstić information content (AvgIpc) is 2.57. The summed E-state index contributed by atoms with van der Waals surface area (Å²) in [6.45, 7) is 8.45. The van der Waals surface area contributed by atoms with E-state index >= 15 is 0 Å². The van der Waals surface area contributed by atoms with Crippen molar-refractivity contribution in [3.63, 3.8) is 0 Å². The second-order valence-electron chi connectivity index (χ2n) is 5.37. The normalized spacial score (nSPS) is 19.9. The Morgan fingerprint density at radius 1 is 1.40 bits per heavy atom. The van der Waals surface area contributed by atoms with E-state index in [2.05, 4.69) is 44.3 Å². The number of hydrogen-bond donors (Lipinski definition) is 2. The first-order chi connectivity index (χ1) is 7.02. The van der Waals surface area contributed by atoms with Crippen molar-refractivity contribution in [1.29, 1.82) is 0 Å². The Labute approximate surface area is 91.9 Å². The van der Waals surface area contributed by atoms with E-state index in [-0.39, 0.29) is 5.41 Å². The number of anilines is 1. The molecule has 15 heavy (non-hydrogen) atoms. The summed E-state index contributed by atoms with van der Waals surface area (Å²) in [7, 11) is 0. The van der Waals surface area contributed by atoms with Crippen molar-refractivity contribution < 1.29 is 0 Å². The van der Waals surface area contributed by atoms with Gasteiger partial charge in [0, 0.05) is 24.7 Å². The molecule has 2 nitrogen and oxygen atoms in total. The van der Waals surface area contributed by atoms with Gasteiger partial charge in [0.05, 0.1) is 0 Å². The third-order valence-corrected chi connectivity index (χ3v) is 3.18. The summed E-state index contributed by atoms with van der Waals surface area (Å²) in [6, 6.07) is 6.71. The molecule has 1 aromatic rings. The monoisotopic (exact) mass is 204 g/mol. The molecule has 2 heteroatoms. The van der Waals surface area contributed by atoms with Crippen LogP contribution in [0.25, 0.3) is 0 Å². The van der Waals surface area contributed by atoms with Gasteiger partial charge >= 0.3 is 0 Å². The Balaban J connectivity index is 2.41. The van der Waals surface area contributed by atoms with E-state index in [1.807, 2.05) is 0 Å². The molecule has 1 unspecified atom stereocenters. The van der Waals surface area contributed by atoms with Gasteiger partial charge in [0.2, 0.25) is 0 Å². The van der Waals surface area contributed by atoms with Gasteiger partial charge in [0.25, 0.3) is 0 Å². The minimum atomic E-state index is 0.219. The summed E-state index contributed by atoms with van der Waals surface area (Å²) in [5.41, 5.74) is 10.0. The van der Waals surface area contributed by atoms with Crippen molar-refractivity contribution in [2.75, 3.05) is 18.4 Å². The van der Waals surface area contributed by atoms with Crippen LogP contribution in [0.3, 0.4) is 0 Å². The molecular formula is C13H20N2. The van der Waals surface area contributed by atoms with Gasteiger partial charge in [-0.05, 0) is 22.6 Å². The molecule has 1 aromatic carbocycles. The number of nitrogens with one attached hydrogen (secondary N) is 1. The number of hydrogen-bond acceptors (Lipinski definition) is 2. The third-order valence-electron chi connectivity index (χ3n) is 3.18. The molecule has 1 heterocycles. The first-order valence-corrected chi connectivity index (χ1v) is 5.61. The maximum absolute atomic E-state index is 5.77. The molecule has 1 aliphatic rings. The van der Waals surface area contributed by atoms with Gasteiger partial charge < -0.3 is 11.1 Å². The van der Waals surface area contributed by atoms with Crippen LogP contribution in [0.1, 0.15) is 37.8 Å². The molecular weight excluding hydrogens is 184 g/mol. The molecule has 0 radical (unpaired) electrons. The molecule has 0 saturated carbocycles. The molecule has 0 spiro atoms. The van der Waals surface area contributed by atoms with Gasteiger partial charge in [-0.15, -0.1) is 0 Å². The Hall–Kier alpha value is -1.02. The predicted molar refractivity (Wildman–Crippen MR) is 65.4 cm³/mol. The van der Waals surface area contributed by atoms with Crippen molar-refractivity contribution >= 4 is 5.69 Å². The zero-order valence-corrected chi connectivity index (χ0v) is 9.80. The van der Waals surface area contributed by atoms with Gasteiger partial charge in [0.1, 0.15) is 0 Å². The molecule has 0 aliphatic carbocycles. The van der Waals surface area contributed by atoms with E-state index in [0.29, 0.717) is 5.92 Å². The van der Waals surface area contributed by atoms with Crippen LogP contribution in [-0.2, 0) is 5.41 Å². The fraction of sp³-hybridized carbons (Fsp3) is 0.538. The molecule has 3 N–H and O–H groups in total. The topological polar surface area (TPSA) is 38.0 Å². The first-order valence-electron chi connectivity index (χ1n) is 5.61. The van der Waals surface area contributed by atoms with Crippen LogP contribution >= 0.6 is 0 Å². The van der Waals surface area contributed by atoms with Gasteiger partial charge in [-0.2, -0.15) is 0 Å². The number of rotatable bonds is 1. The lowest BCUT2D eigenvalue weighted by Crippen LogP contribution is -2.15. The van der Waals surface area contributed by atoms with Crippen molar-refractivity contribution in [2.24, 2.45) is 5.73 Å². The number of nitrogens with two attached hydrogens (primary N) is 1. The Bertz CT molecular complexity index is 363. The Morgan fingerprint density at radius 3 is 2.73 bits per heavy atom. The number of benzene rings is 1. The van der Waals surface area contributed by atoms with E-state index in [1.165, 1.54) is 16.8 Å². The fourth-order valence-electron chi connectivity index (χ4n) is 2.08. The van der Waals surface area contributed by atoms with Crippen LogP contribution in [0.4, 0.5) is 5.69 Å². The van der Waals surface area contributed by atoms with Gasteiger partial charge in [0.15, 0.2) is 0 Å². The molecule has 0 bridgehead atoms. The van der Waals surface area contributed by atoms with E-state index in [0.717, 1.165) is 13.1 Å². The molecule has 0 saturated heterocycles. The molecule has 0 aromatic heterocycles. The van der Waals surface area contributed by atoms with E-state index < -0.39 is 0 Å². The Kier molecular flexibility index (Phi) is 2.47. The van der Waals surface area contributed by atoms with Crippen LogP contribution in [0.15, 0.2) is 18.2 Å². The van der Waals surface area contributed by atoms with Crippen molar-refractivity contribution in [2.45, 2.75) is 32.1 Å². The van der Waals surface area contributed by atoms with Crippen molar-refractivity contribution in [1.82, 2.24) is 0 Å². The lowest BCUT2D eigenvalue weighted by atomic mass is 9.85. The SMILES string of the molecule is CC(C)(C)c1ccc2c(c1)C(CN)CN2. The summed E-state index contributed by atoms with van der Waals surface area (Å²) in [6.07, 6.45) is 0. The van der Waals surface area contributed by atoms with E-state index in [4.69, 9.17) is 5.73 Å². The zero-order chi connectivity index (χ0) is 11.1. The van der Waals surface area contributed by atoms with Crippen LogP contribution in [0.5, 0.6) is 0 Å². The van der Waals surface area contributed by atoms with Crippen molar-refractivity contribution in [3.8, 4) is 0 Å². The molecule has 2 rings (SSSR count). The fourth-order valence-corrected chi connectivity index (χ4v) is 2.08. The van der Waals surface area contributed by atoms with Gasteiger partial charge in [-0.25, -0.2) is 0 Å². The summed E-state index contributed by atoms with van der Waals surface area (Å²) in [4.78, 5) is 0. The largest absolute Gasteiger partial charge is 0.384 e. The summed E-state index contributed by atoms with van der Waals surface area (Å²) < 4.78 is 0. The Morgan fingerprint density at radius 2 is 2.13 bits per heavy atom. The van der Waals surface area contributed by atoms with E-state index in [9.17, 15) is 0 Å². The molecule has 0 amide bonds. The zero-order valence-electron chi connectivity index (χ0n) is 9.80. The highest BCUT2D eigenvalue weighted by Gasteiger charge is 2.23. The minimum Gasteiger partial charge on any atom is -0.384 e. The second kappa shape index (κ2) is 3.53. The summed E-state index contributed by atoms with van der Waals surface area (Å²) in [5.74, 6) is 0.488. The average molecular weight is 204 g/mol. The van der Waals surface area contributed by atoms with Crippen molar-refractivity contribution in [3.05, 3.63) is 29.3 Å². The first kappa shape index (κ1) is 10.5. The number of fused-ring (bicyclic) bond motifs is 1. The maximum atomic E-state index is 5.77. The summed E-state index contributed by atoms with van der Waals surface area (Å²) in [5, 5.41) is 3.40. The van der Waals surface area contributed by atoms with Crippen LogP contribution in [-0.4, -0.2) is 13.1 Å². The maximum Gasteiger partial charge on any atom is 0.0377 e. The molecule has 1 aliphatic heterocycles. The highest BCUT2D eigenvalue weighted by molar-refractivity contribution is 5.59. The van der Waals surface area contributed by atoms with Crippen LogP contribution < -0.4 is 11.1 Å². The highest BCUT2D eigenvalue weighted by Crippen LogP contribution is 2.34. The lowest BCUT2D eigenvalue weighted by molar-refractivity contribution is 0.588. The van der Waals surface area contributed by atoms with Crippen LogP contribution in [0, 0.1) is 0 Å². The highest BCUT2D eigenvalue weighted by atomic mass is 14.9. The smallest absolute Gasteiger partial charge is 0.0377 e. The predicted octanol–water partition coefficient (Wildman–Crippen LogP) is 2.45. The lowest BCUT2D eigenvalue weighted by Gasteiger charge is -2.20. The quantitative estimate of drug-likeness (QED) is 0.737. The molecule has 1 atom stereocenters. The molecule has 82 valence electrons. The second-order valence-corrected chi connectivity index (χ2v) is 5.37. The van der Waals surface area contributed by atoms with E-state index in [1.54, 1.807) is 0 Å². The van der Waals surface area contributed by atoms with Crippen LogP contribution in [0.2, 0.25) is 0 Å². The third kappa shape index (κ3) is 1.86. The summed E-state index contributed by atoms with van der Waals surface area (Å²) >= 11 is 0. The molecule has 0 fully saturated rings. The van der Waals surface area contributed by atoms with Gasteiger partial charge in [-0.1, -0.05) is 32.9 Å². The minimum absolute atomic E-state index is 0.219. The van der Waals surface area contributed by atoms with Gasteiger partial charge in [-0.3, -0.25) is 0 Å².